The molecule has 0 spiro atoms. The molecule has 22 heavy (non-hydrogen) atoms. The number of fused-ring (bicyclic) bond motifs is 1. The van der Waals surface area contributed by atoms with Gasteiger partial charge < -0.3 is 19.9 Å². The monoisotopic (exact) mass is 304 g/mol. The second-order valence-electron chi connectivity index (χ2n) is 6.08. The van der Waals surface area contributed by atoms with E-state index in [1.54, 1.807) is 6.33 Å². The van der Waals surface area contributed by atoms with Gasteiger partial charge in [-0.1, -0.05) is 0 Å². The van der Waals surface area contributed by atoms with E-state index in [4.69, 9.17) is 0 Å². The number of nitrogens with zero attached hydrogens (tertiary/aromatic N) is 5. The molecule has 2 aromatic heterocycles. The predicted octanol–water partition coefficient (Wildman–Crippen LogP) is 0.00240. The number of rotatable bonds is 5. The Labute approximate surface area is 130 Å². The normalized spacial score (nSPS) is 18.7. The van der Waals surface area contributed by atoms with E-state index in [9.17, 15) is 5.11 Å². The van der Waals surface area contributed by atoms with Crippen molar-refractivity contribution in [1.82, 2.24) is 24.8 Å². The number of aromatic amines is 1. The molecule has 2 aromatic rings. The van der Waals surface area contributed by atoms with E-state index < -0.39 is 6.10 Å². The zero-order chi connectivity index (χ0) is 15.5. The molecule has 1 aliphatic rings. The van der Waals surface area contributed by atoms with Gasteiger partial charge in [-0.3, -0.25) is 4.90 Å². The molecule has 120 valence electrons. The van der Waals surface area contributed by atoms with E-state index in [-0.39, 0.29) is 0 Å². The molecule has 0 unspecified atom stereocenters. The van der Waals surface area contributed by atoms with Crippen molar-refractivity contribution in [3.63, 3.8) is 0 Å². The van der Waals surface area contributed by atoms with Crippen molar-refractivity contribution in [3.8, 4) is 0 Å². The summed E-state index contributed by atoms with van der Waals surface area (Å²) < 4.78 is 0. The average molecular weight is 304 g/mol. The lowest BCUT2D eigenvalue weighted by molar-refractivity contribution is 0.0842. The van der Waals surface area contributed by atoms with Crippen molar-refractivity contribution >= 4 is 16.9 Å². The fourth-order valence-electron chi connectivity index (χ4n) is 2.95. The van der Waals surface area contributed by atoms with Crippen LogP contribution in [0, 0.1) is 0 Å². The number of β-amino-alcohol motifs (C(OH)–C–C–N with tert-alkyl or cyclic N) is 1. The first-order valence-corrected chi connectivity index (χ1v) is 7.71. The van der Waals surface area contributed by atoms with Gasteiger partial charge in [-0.2, -0.15) is 0 Å². The van der Waals surface area contributed by atoms with E-state index in [1.165, 1.54) is 0 Å². The SMILES string of the molecule is CN1CCN(C[C@H](O)CN(C)c2ncnc3[nH]ccc23)CC1. The maximum Gasteiger partial charge on any atom is 0.142 e. The van der Waals surface area contributed by atoms with Crippen LogP contribution in [0.4, 0.5) is 5.82 Å². The molecule has 0 radical (unpaired) electrons. The molecule has 2 N–H and O–H groups in total. The average Bonchev–Trinajstić information content (AvgIpc) is 2.97. The molecule has 0 saturated carbocycles. The third kappa shape index (κ3) is 3.37. The lowest BCUT2D eigenvalue weighted by Gasteiger charge is -2.34. The Kier molecular flexibility index (Phi) is 4.56. The van der Waals surface area contributed by atoms with Gasteiger partial charge in [-0.15, -0.1) is 0 Å². The van der Waals surface area contributed by atoms with E-state index in [0.29, 0.717) is 13.1 Å². The van der Waals surface area contributed by atoms with Crippen LogP contribution in [0.1, 0.15) is 0 Å². The molecule has 1 saturated heterocycles. The number of anilines is 1. The zero-order valence-corrected chi connectivity index (χ0v) is 13.2. The van der Waals surface area contributed by atoms with Gasteiger partial charge in [0.2, 0.25) is 0 Å². The molecule has 1 atom stereocenters. The number of piperazine rings is 1. The van der Waals surface area contributed by atoms with Crippen LogP contribution in [0.2, 0.25) is 0 Å². The number of hydrogen-bond acceptors (Lipinski definition) is 6. The summed E-state index contributed by atoms with van der Waals surface area (Å²) in [5, 5.41) is 11.4. The maximum atomic E-state index is 10.4. The molecular weight excluding hydrogens is 280 g/mol. The van der Waals surface area contributed by atoms with Crippen molar-refractivity contribution in [3.05, 3.63) is 18.6 Å². The number of nitrogens with one attached hydrogen (secondary N) is 1. The minimum atomic E-state index is -0.391. The van der Waals surface area contributed by atoms with Gasteiger partial charge in [0.1, 0.15) is 17.8 Å². The van der Waals surface area contributed by atoms with Gasteiger partial charge in [-0.05, 0) is 13.1 Å². The Hall–Kier alpha value is -1.70. The summed E-state index contributed by atoms with van der Waals surface area (Å²) in [5.41, 5.74) is 0.824. The third-order valence-corrected chi connectivity index (χ3v) is 4.24. The molecule has 7 nitrogen and oxygen atoms in total. The molecule has 3 rings (SSSR count). The second kappa shape index (κ2) is 6.60. The largest absolute Gasteiger partial charge is 0.390 e. The quantitative estimate of drug-likeness (QED) is 0.810. The summed E-state index contributed by atoms with van der Waals surface area (Å²) in [7, 11) is 4.10. The van der Waals surface area contributed by atoms with Crippen LogP contribution in [-0.2, 0) is 0 Å². The van der Waals surface area contributed by atoms with E-state index >= 15 is 0 Å². The Morgan fingerprint density at radius 2 is 2.09 bits per heavy atom. The van der Waals surface area contributed by atoms with Crippen molar-refractivity contribution in [2.45, 2.75) is 6.10 Å². The Bertz CT molecular complexity index is 607. The van der Waals surface area contributed by atoms with Gasteiger partial charge in [0.05, 0.1) is 11.5 Å². The van der Waals surface area contributed by atoms with Crippen molar-refractivity contribution < 1.29 is 5.11 Å². The van der Waals surface area contributed by atoms with Gasteiger partial charge in [0.15, 0.2) is 0 Å². The molecular formula is C15H24N6O. The number of aromatic nitrogens is 3. The molecule has 0 amide bonds. The summed E-state index contributed by atoms with van der Waals surface area (Å²) >= 11 is 0. The third-order valence-electron chi connectivity index (χ3n) is 4.24. The highest BCUT2D eigenvalue weighted by molar-refractivity contribution is 5.87. The van der Waals surface area contributed by atoms with Crippen LogP contribution in [0.15, 0.2) is 18.6 Å². The van der Waals surface area contributed by atoms with E-state index in [2.05, 4.69) is 31.8 Å². The van der Waals surface area contributed by atoms with Crippen molar-refractivity contribution in [1.29, 1.82) is 0 Å². The van der Waals surface area contributed by atoms with Gasteiger partial charge in [0, 0.05) is 52.5 Å². The lowest BCUT2D eigenvalue weighted by Crippen LogP contribution is -2.48. The van der Waals surface area contributed by atoms with E-state index in [0.717, 1.165) is 43.0 Å². The first kappa shape index (κ1) is 15.2. The highest BCUT2D eigenvalue weighted by atomic mass is 16.3. The topological polar surface area (TPSA) is 71.5 Å². The molecule has 1 aliphatic heterocycles. The summed E-state index contributed by atoms with van der Waals surface area (Å²) in [6, 6.07) is 1.97. The fraction of sp³-hybridized carbons (Fsp3) is 0.600. The summed E-state index contributed by atoms with van der Waals surface area (Å²) in [6.45, 7) is 5.44. The first-order valence-electron chi connectivity index (χ1n) is 7.71. The Morgan fingerprint density at radius 1 is 1.32 bits per heavy atom. The standard InChI is InChI=1S/C15H24N6O/c1-19-5-7-21(8-6-19)10-12(22)9-20(2)15-13-3-4-16-14(13)17-11-18-15/h3-4,11-12,22H,5-10H2,1-2H3,(H,16,17,18)/t12-/m1/s1. The van der Waals surface area contributed by atoms with Crippen LogP contribution in [0.3, 0.4) is 0 Å². The predicted molar refractivity (Wildman–Crippen MR) is 87.1 cm³/mol. The van der Waals surface area contributed by atoms with Crippen LogP contribution in [-0.4, -0.2) is 89.3 Å². The summed E-state index contributed by atoms with van der Waals surface area (Å²) in [4.78, 5) is 18.3. The number of aliphatic hydroxyl groups is 1. The molecule has 0 aromatic carbocycles. The highest BCUT2D eigenvalue weighted by Gasteiger charge is 2.19. The Morgan fingerprint density at radius 3 is 2.86 bits per heavy atom. The number of likely N-dealkylation sites (N-methyl/N-ethyl adjacent to an activating group) is 2. The molecule has 0 bridgehead atoms. The maximum absolute atomic E-state index is 10.4. The smallest absolute Gasteiger partial charge is 0.142 e. The minimum absolute atomic E-state index is 0.391. The fourth-order valence-corrected chi connectivity index (χ4v) is 2.95. The van der Waals surface area contributed by atoms with Crippen LogP contribution in [0.5, 0.6) is 0 Å². The van der Waals surface area contributed by atoms with Crippen LogP contribution in [0.25, 0.3) is 11.0 Å². The first-order chi connectivity index (χ1) is 10.6. The van der Waals surface area contributed by atoms with Gasteiger partial charge >= 0.3 is 0 Å². The minimum Gasteiger partial charge on any atom is -0.390 e. The van der Waals surface area contributed by atoms with Gasteiger partial charge in [-0.25, -0.2) is 9.97 Å². The van der Waals surface area contributed by atoms with Crippen molar-refractivity contribution in [2.24, 2.45) is 0 Å². The number of aliphatic hydroxyl groups excluding tert-OH is 1. The van der Waals surface area contributed by atoms with Crippen LogP contribution >= 0.6 is 0 Å². The van der Waals surface area contributed by atoms with E-state index in [1.807, 2.05) is 24.2 Å². The Balaban J connectivity index is 1.59. The zero-order valence-electron chi connectivity index (χ0n) is 13.2. The lowest BCUT2D eigenvalue weighted by atomic mass is 10.2. The molecule has 0 aliphatic carbocycles. The number of hydrogen-bond donors (Lipinski definition) is 2. The van der Waals surface area contributed by atoms with Gasteiger partial charge in [0.25, 0.3) is 0 Å². The summed E-state index contributed by atoms with van der Waals surface area (Å²) in [5.74, 6) is 0.851. The molecule has 1 fully saturated rings. The molecule has 7 heteroatoms. The second-order valence-corrected chi connectivity index (χ2v) is 6.08. The molecule has 3 heterocycles. The summed E-state index contributed by atoms with van der Waals surface area (Å²) in [6.07, 6.45) is 3.02. The highest BCUT2D eigenvalue weighted by Crippen LogP contribution is 2.20. The van der Waals surface area contributed by atoms with Crippen LogP contribution < -0.4 is 4.90 Å². The van der Waals surface area contributed by atoms with Crippen molar-refractivity contribution in [2.75, 3.05) is 58.3 Å². The number of H-pyrrole nitrogens is 1.